The lowest BCUT2D eigenvalue weighted by molar-refractivity contribution is -0.122. The molecule has 0 aromatic carbocycles. The van der Waals surface area contributed by atoms with Gasteiger partial charge in [0.05, 0.1) is 0 Å². The van der Waals surface area contributed by atoms with Gasteiger partial charge in [0.1, 0.15) is 6.29 Å². The summed E-state index contributed by atoms with van der Waals surface area (Å²) in [5.41, 5.74) is -0.00521. The fraction of sp³-hybridized carbons (Fsp3) is 0.909. The van der Waals surface area contributed by atoms with E-state index in [4.69, 9.17) is 4.74 Å². The Bertz CT molecular complexity index is 177. The van der Waals surface area contributed by atoms with Crippen LogP contribution in [0.15, 0.2) is 0 Å². The Morgan fingerprint density at radius 3 is 2.62 bits per heavy atom. The molecule has 0 radical (unpaired) electrons. The Hall–Kier alpha value is -0.370. The van der Waals surface area contributed by atoms with Gasteiger partial charge in [-0.3, -0.25) is 0 Å². The zero-order valence-electron chi connectivity index (χ0n) is 8.13. The van der Waals surface area contributed by atoms with Gasteiger partial charge in [0.2, 0.25) is 0 Å². The molecule has 0 amide bonds. The van der Waals surface area contributed by atoms with Gasteiger partial charge in [-0.15, -0.1) is 0 Å². The van der Waals surface area contributed by atoms with Crippen LogP contribution in [0.4, 0.5) is 0 Å². The maximum absolute atomic E-state index is 11.2. The molecule has 0 spiro atoms. The van der Waals surface area contributed by atoms with Gasteiger partial charge in [0, 0.05) is 18.6 Å². The summed E-state index contributed by atoms with van der Waals surface area (Å²) in [5, 5.41) is 0. The molecule has 0 bridgehead atoms. The van der Waals surface area contributed by atoms with Gasteiger partial charge >= 0.3 is 0 Å². The van der Waals surface area contributed by atoms with E-state index in [2.05, 4.69) is 0 Å². The average molecular weight is 182 g/mol. The number of carbonyl (C=O) groups is 1. The van der Waals surface area contributed by atoms with E-state index in [1.165, 1.54) is 25.5 Å². The molecule has 1 unspecified atom stereocenters. The van der Waals surface area contributed by atoms with Crippen LogP contribution in [0.3, 0.4) is 0 Å². The number of hydrogen-bond acceptors (Lipinski definition) is 2. The quantitative estimate of drug-likeness (QED) is 0.612. The van der Waals surface area contributed by atoms with Gasteiger partial charge < -0.3 is 9.53 Å². The first-order valence-corrected chi connectivity index (χ1v) is 5.41. The van der Waals surface area contributed by atoms with Crippen molar-refractivity contribution in [3.8, 4) is 0 Å². The molecule has 1 saturated carbocycles. The summed E-state index contributed by atoms with van der Waals surface area (Å²) in [6.45, 7) is 1.64. The minimum Gasteiger partial charge on any atom is -0.381 e. The Morgan fingerprint density at radius 1 is 1.15 bits per heavy atom. The van der Waals surface area contributed by atoms with E-state index in [1.54, 1.807) is 0 Å². The highest BCUT2D eigenvalue weighted by Gasteiger charge is 2.41. The molecule has 74 valence electrons. The predicted molar refractivity (Wildman–Crippen MR) is 50.5 cm³/mol. The molecule has 2 fully saturated rings. The number of ether oxygens (including phenoxy) is 1. The number of hydrogen-bond donors (Lipinski definition) is 0. The van der Waals surface area contributed by atoms with Crippen molar-refractivity contribution in [3.63, 3.8) is 0 Å². The minimum absolute atomic E-state index is 0.00521. The number of aldehydes is 1. The van der Waals surface area contributed by atoms with Crippen molar-refractivity contribution in [3.05, 3.63) is 0 Å². The molecule has 1 heterocycles. The zero-order chi connectivity index (χ0) is 9.15. The first-order chi connectivity index (χ1) is 6.37. The molecule has 13 heavy (non-hydrogen) atoms. The van der Waals surface area contributed by atoms with Crippen molar-refractivity contribution in [2.24, 2.45) is 11.3 Å². The number of carbonyl (C=O) groups excluding carboxylic acids is 1. The van der Waals surface area contributed by atoms with Gasteiger partial charge in [-0.25, -0.2) is 0 Å². The molecule has 1 atom stereocenters. The molecule has 1 aliphatic carbocycles. The summed E-state index contributed by atoms with van der Waals surface area (Å²) < 4.78 is 5.41. The van der Waals surface area contributed by atoms with Gasteiger partial charge in [-0.2, -0.15) is 0 Å². The molecular weight excluding hydrogens is 164 g/mol. The smallest absolute Gasteiger partial charge is 0.126 e. The van der Waals surface area contributed by atoms with E-state index < -0.39 is 0 Å². The normalized spacial score (nSPS) is 36.3. The summed E-state index contributed by atoms with van der Waals surface area (Å²) in [5.74, 6) is 0.673. The number of rotatable bonds is 2. The molecular formula is C11H18O2. The van der Waals surface area contributed by atoms with Crippen LogP contribution in [0.25, 0.3) is 0 Å². The Balaban J connectivity index is 2.05. The molecule has 0 aromatic rings. The van der Waals surface area contributed by atoms with Crippen LogP contribution in [-0.4, -0.2) is 19.5 Å². The second-order valence-corrected chi connectivity index (χ2v) is 4.44. The standard InChI is InChI=1S/C11H18O2/c12-9-11(10-3-1-4-10)5-2-7-13-8-6-11/h9-10H,1-8H2. The van der Waals surface area contributed by atoms with E-state index in [1.807, 2.05) is 0 Å². The molecule has 2 rings (SSSR count). The Labute approximate surface area is 79.7 Å². The van der Waals surface area contributed by atoms with Crippen molar-refractivity contribution in [2.45, 2.75) is 38.5 Å². The molecule has 1 aliphatic heterocycles. The van der Waals surface area contributed by atoms with Crippen LogP contribution < -0.4 is 0 Å². The lowest BCUT2D eigenvalue weighted by atomic mass is 9.63. The van der Waals surface area contributed by atoms with Crippen LogP contribution in [0, 0.1) is 11.3 Å². The van der Waals surface area contributed by atoms with Crippen LogP contribution in [0.5, 0.6) is 0 Å². The van der Waals surface area contributed by atoms with Crippen LogP contribution in [0.1, 0.15) is 38.5 Å². The SMILES string of the molecule is O=CC1(C2CCC2)CCCOCC1. The zero-order valence-corrected chi connectivity index (χ0v) is 8.13. The maximum atomic E-state index is 11.2. The Kier molecular flexibility index (Phi) is 2.68. The van der Waals surface area contributed by atoms with E-state index in [-0.39, 0.29) is 5.41 Å². The van der Waals surface area contributed by atoms with Crippen molar-refractivity contribution < 1.29 is 9.53 Å². The third kappa shape index (κ3) is 1.64. The highest BCUT2D eigenvalue weighted by Crippen LogP contribution is 2.46. The van der Waals surface area contributed by atoms with Crippen molar-refractivity contribution in [2.75, 3.05) is 13.2 Å². The van der Waals surface area contributed by atoms with Gasteiger partial charge in [-0.1, -0.05) is 6.42 Å². The summed E-state index contributed by atoms with van der Waals surface area (Å²) in [6, 6.07) is 0. The fourth-order valence-electron chi connectivity index (χ4n) is 2.60. The molecule has 0 aromatic heterocycles. The maximum Gasteiger partial charge on any atom is 0.126 e. The second kappa shape index (κ2) is 3.79. The summed E-state index contributed by atoms with van der Waals surface area (Å²) in [7, 11) is 0. The first-order valence-electron chi connectivity index (χ1n) is 5.41. The molecule has 0 N–H and O–H groups in total. The molecule has 2 nitrogen and oxygen atoms in total. The average Bonchev–Trinajstić information content (AvgIpc) is 2.28. The third-order valence-corrected chi connectivity index (χ3v) is 3.80. The van der Waals surface area contributed by atoms with Gasteiger partial charge in [-0.05, 0) is 38.0 Å². The molecule has 1 saturated heterocycles. The minimum atomic E-state index is -0.00521. The Morgan fingerprint density at radius 2 is 2.00 bits per heavy atom. The fourth-order valence-corrected chi connectivity index (χ4v) is 2.60. The van der Waals surface area contributed by atoms with Crippen LogP contribution in [-0.2, 0) is 9.53 Å². The first kappa shape index (κ1) is 9.20. The second-order valence-electron chi connectivity index (χ2n) is 4.44. The highest BCUT2D eigenvalue weighted by atomic mass is 16.5. The van der Waals surface area contributed by atoms with E-state index in [0.717, 1.165) is 32.5 Å². The summed E-state index contributed by atoms with van der Waals surface area (Å²) in [6.07, 6.45) is 8.15. The molecule has 2 heteroatoms. The van der Waals surface area contributed by atoms with E-state index in [9.17, 15) is 4.79 Å². The lowest BCUT2D eigenvalue weighted by Crippen LogP contribution is -2.36. The third-order valence-electron chi connectivity index (χ3n) is 3.80. The topological polar surface area (TPSA) is 26.3 Å². The van der Waals surface area contributed by atoms with Crippen molar-refractivity contribution in [1.29, 1.82) is 0 Å². The van der Waals surface area contributed by atoms with Crippen molar-refractivity contribution >= 4 is 6.29 Å². The molecule has 2 aliphatic rings. The van der Waals surface area contributed by atoms with Gasteiger partial charge in [0.25, 0.3) is 0 Å². The highest BCUT2D eigenvalue weighted by molar-refractivity contribution is 5.60. The predicted octanol–water partition coefficient (Wildman–Crippen LogP) is 2.17. The largest absolute Gasteiger partial charge is 0.381 e. The van der Waals surface area contributed by atoms with Crippen molar-refractivity contribution in [1.82, 2.24) is 0 Å². The summed E-state index contributed by atoms with van der Waals surface area (Å²) in [4.78, 5) is 11.2. The van der Waals surface area contributed by atoms with Gasteiger partial charge in [0.15, 0.2) is 0 Å². The van der Waals surface area contributed by atoms with Crippen LogP contribution >= 0.6 is 0 Å². The lowest BCUT2D eigenvalue weighted by Gasteiger charge is -2.41. The summed E-state index contributed by atoms with van der Waals surface area (Å²) >= 11 is 0. The van der Waals surface area contributed by atoms with E-state index in [0.29, 0.717) is 5.92 Å². The monoisotopic (exact) mass is 182 g/mol. The van der Waals surface area contributed by atoms with E-state index >= 15 is 0 Å². The van der Waals surface area contributed by atoms with Crippen LogP contribution in [0.2, 0.25) is 0 Å².